The molecule has 1 heterocycles. The number of ether oxygens (including phenoxy) is 13. The highest BCUT2D eigenvalue weighted by atomic mass is 16.6. The van der Waals surface area contributed by atoms with E-state index < -0.39 is 0 Å². The predicted octanol–water partition coefficient (Wildman–Crippen LogP) is 5.46. The average Bonchev–Trinajstić information content (AvgIpc) is 3.56. The molecule has 0 fully saturated rings. The molecule has 0 spiro atoms. The lowest BCUT2D eigenvalue weighted by Gasteiger charge is -2.13. The second-order valence-electron chi connectivity index (χ2n) is 14.7. The molecule has 16 heteroatoms. The van der Waals surface area contributed by atoms with Crippen LogP contribution in [-0.2, 0) is 63.3 Å². The molecule has 0 radical (unpaired) electrons. The Morgan fingerprint density at radius 1 is 0.359 bits per heavy atom. The number of imide groups is 1. The quantitative estimate of drug-likeness (QED) is 0.0609. The van der Waals surface area contributed by atoms with Crippen molar-refractivity contribution >= 4 is 11.8 Å². The van der Waals surface area contributed by atoms with E-state index in [0.29, 0.717) is 170 Å². The second-order valence-corrected chi connectivity index (χ2v) is 14.7. The third-order valence-corrected chi connectivity index (χ3v) is 9.67. The van der Waals surface area contributed by atoms with Gasteiger partial charge in [0, 0.05) is 0 Å². The van der Waals surface area contributed by atoms with Crippen molar-refractivity contribution in [2.45, 2.75) is 51.9 Å². The van der Waals surface area contributed by atoms with Crippen LogP contribution in [0.4, 0.5) is 0 Å². The van der Waals surface area contributed by atoms with Gasteiger partial charge in [-0.15, -0.1) is 0 Å². The molecule has 2 aromatic rings. The van der Waals surface area contributed by atoms with Crippen LogP contribution in [0.3, 0.4) is 0 Å². The number of unbranched alkanes of at least 4 members (excludes halogenated alkanes) is 5. The summed E-state index contributed by atoms with van der Waals surface area (Å²) in [6.45, 7) is 14.2. The molecule has 0 saturated heterocycles. The van der Waals surface area contributed by atoms with Gasteiger partial charge < -0.3 is 61.6 Å². The first kappa shape index (κ1) is 55.2. The van der Waals surface area contributed by atoms with Gasteiger partial charge in [0.05, 0.1) is 176 Å². The summed E-state index contributed by atoms with van der Waals surface area (Å²) in [6.07, 6.45) is 9.05. The zero-order valence-corrected chi connectivity index (χ0v) is 38.5. The molecule has 0 saturated carbocycles. The van der Waals surface area contributed by atoms with E-state index >= 15 is 0 Å². The minimum atomic E-state index is -0.279. The molecule has 3 rings (SSSR count). The number of nitrogens with zero attached hydrogens (tertiary/aromatic N) is 1. The van der Waals surface area contributed by atoms with E-state index in [9.17, 15) is 9.59 Å². The van der Waals surface area contributed by atoms with Crippen LogP contribution in [0.15, 0.2) is 48.5 Å². The molecule has 1 aliphatic rings. The molecule has 0 aliphatic carbocycles. The van der Waals surface area contributed by atoms with E-state index in [-0.39, 0.29) is 25.0 Å². The standard InChI is InChI=1S/C48H77NO15/c1-2-3-4-5-6-7-10-43-13-15-44(16-14-43)64-42-41-63-40-39-62-38-37-61-36-35-60-34-33-59-32-31-58-30-29-57-28-27-56-26-25-55-24-23-54-22-21-53-20-19-52-18-17-49-47(50)45-11-8-9-12-46(45)48(49)51/h8-9,11-16H,2-7,10,17-42H2,1H3. The van der Waals surface area contributed by atoms with E-state index in [0.717, 1.165) is 12.2 Å². The molecule has 0 aromatic heterocycles. The Hall–Kier alpha value is -3.10. The minimum absolute atomic E-state index is 0.211. The summed E-state index contributed by atoms with van der Waals surface area (Å²) in [5.41, 5.74) is 2.25. The maximum Gasteiger partial charge on any atom is 0.261 e. The van der Waals surface area contributed by atoms with Crippen LogP contribution in [0, 0.1) is 0 Å². The Labute approximate surface area is 381 Å². The number of carbonyl (C=O) groups is 2. The Bertz CT molecular complexity index is 1370. The molecule has 0 N–H and O–H groups in total. The van der Waals surface area contributed by atoms with Gasteiger partial charge in [-0.1, -0.05) is 63.3 Å². The van der Waals surface area contributed by atoms with Crippen molar-refractivity contribution in [1.82, 2.24) is 4.90 Å². The number of hydrogen-bond acceptors (Lipinski definition) is 15. The van der Waals surface area contributed by atoms with E-state index in [1.165, 1.54) is 49.0 Å². The van der Waals surface area contributed by atoms with Crippen molar-refractivity contribution < 1.29 is 71.2 Å². The molecule has 1 aliphatic heterocycles. The predicted molar refractivity (Wildman–Crippen MR) is 241 cm³/mol. The van der Waals surface area contributed by atoms with Crippen molar-refractivity contribution in [3.05, 3.63) is 65.2 Å². The third kappa shape index (κ3) is 28.1. The Kier molecular flexibility index (Phi) is 34.7. The summed E-state index contributed by atoms with van der Waals surface area (Å²) in [4.78, 5) is 25.9. The van der Waals surface area contributed by atoms with Gasteiger partial charge in [-0.3, -0.25) is 14.5 Å². The third-order valence-electron chi connectivity index (χ3n) is 9.67. The van der Waals surface area contributed by atoms with Crippen LogP contribution in [0.25, 0.3) is 0 Å². The fourth-order valence-electron chi connectivity index (χ4n) is 6.20. The first-order valence-corrected chi connectivity index (χ1v) is 23.3. The van der Waals surface area contributed by atoms with Crippen LogP contribution in [-0.4, -0.2) is 188 Å². The molecular formula is C48H77NO15. The van der Waals surface area contributed by atoms with Crippen molar-refractivity contribution in [2.24, 2.45) is 0 Å². The molecule has 0 unspecified atom stereocenters. The normalized spacial score (nSPS) is 12.5. The van der Waals surface area contributed by atoms with Gasteiger partial charge in [0.1, 0.15) is 12.4 Å². The zero-order valence-electron chi connectivity index (χ0n) is 38.5. The van der Waals surface area contributed by atoms with Crippen molar-refractivity contribution in [2.75, 3.05) is 172 Å². The van der Waals surface area contributed by atoms with Crippen LogP contribution < -0.4 is 4.74 Å². The molecule has 364 valence electrons. The monoisotopic (exact) mass is 908 g/mol. The largest absolute Gasteiger partial charge is 0.491 e. The summed E-state index contributed by atoms with van der Waals surface area (Å²) >= 11 is 0. The second kappa shape index (κ2) is 40.2. The Balaban J connectivity index is 0.900. The zero-order chi connectivity index (χ0) is 45.2. The SMILES string of the molecule is CCCCCCCCc1ccc(OCCOCCOCCOCCOCCOCCOCCOCCOCCOCCOCCOCCOCCN2C(=O)c3ccccc3C2=O)cc1. The Morgan fingerprint density at radius 3 is 1.03 bits per heavy atom. The lowest BCUT2D eigenvalue weighted by atomic mass is 10.0. The highest BCUT2D eigenvalue weighted by Gasteiger charge is 2.34. The minimum Gasteiger partial charge on any atom is -0.491 e. The molecular weight excluding hydrogens is 831 g/mol. The first-order chi connectivity index (χ1) is 31.7. The van der Waals surface area contributed by atoms with E-state index in [1.807, 2.05) is 12.1 Å². The number of hydrogen-bond donors (Lipinski definition) is 0. The molecule has 2 amide bonds. The molecule has 64 heavy (non-hydrogen) atoms. The highest BCUT2D eigenvalue weighted by Crippen LogP contribution is 2.22. The molecule has 0 bridgehead atoms. The maximum atomic E-state index is 12.3. The Morgan fingerprint density at radius 2 is 0.672 bits per heavy atom. The molecule has 0 atom stereocenters. The number of benzene rings is 2. The topological polar surface area (TPSA) is 157 Å². The summed E-state index contributed by atoms with van der Waals surface area (Å²) < 4.78 is 72.0. The summed E-state index contributed by atoms with van der Waals surface area (Å²) in [7, 11) is 0. The molecule has 16 nitrogen and oxygen atoms in total. The van der Waals surface area contributed by atoms with Gasteiger partial charge in [-0.05, 0) is 42.7 Å². The van der Waals surface area contributed by atoms with Crippen LogP contribution >= 0.6 is 0 Å². The fourth-order valence-corrected chi connectivity index (χ4v) is 6.20. The number of rotatable bonds is 47. The van der Waals surface area contributed by atoms with Crippen LogP contribution in [0.2, 0.25) is 0 Å². The van der Waals surface area contributed by atoms with Gasteiger partial charge >= 0.3 is 0 Å². The van der Waals surface area contributed by atoms with E-state index in [4.69, 9.17) is 61.6 Å². The highest BCUT2D eigenvalue weighted by molar-refractivity contribution is 6.21. The number of fused-ring (bicyclic) bond motifs is 1. The van der Waals surface area contributed by atoms with E-state index in [1.54, 1.807) is 24.3 Å². The van der Waals surface area contributed by atoms with Gasteiger partial charge in [0.25, 0.3) is 11.8 Å². The number of amides is 2. The maximum absolute atomic E-state index is 12.3. The van der Waals surface area contributed by atoms with Gasteiger partial charge in [0.2, 0.25) is 0 Å². The van der Waals surface area contributed by atoms with Crippen molar-refractivity contribution in [1.29, 1.82) is 0 Å². The first-order valence-electron chi connectivity index (χ1n) is 23.3. The molecule has 2 aromatic carbocycles. The van der Waals surface area contributed by atoms with Gasteiger partial charge in [0.15, 0.2) is 0 Å². The number of carbonyl (C=O) groups excluding carboxylic acids is 2. The fraction of sp³-hybridized carbons (Fsp3) is 0.708. The number of aryl methyl sites for hydroxylation is 1. The summed E-state index contributed by atoms with van der Waals surface area (Å²) in [5, 5.41) is 0. The van der Waals surface area contributed by atoms with Crippen molar-refractivity contribution in [3.8, 4) is 5.75 Å². The van der Waals surface area contributed by atoms with Crippen LogP contribution in [0.5, 0.6) is 5.75 Å². The van der Waals surface area contributed by atoms with Crippen molar-refractivity contribution in [3.63, 3.8) is 0 Å². The van der Waals surface area contributed by atoms with E-state index in [2.05, 4.69) is 19.1 Å². The summed E-state index contributed by atoms with van der Waals surface area (Å²) in [5.74, 6) is 0.321. The lowest BCUT2D eigenvalue weighted by Crippen LogP contribution is -2.33. The lowest BCUT2D eigenvalue weighted by molar-refractivity contribution is -0.0286. The summed E-state index contributed by atoms with van der Waals surface area (Å²) in [6, 6.07) is 15.2. The smallest absolute Gasteiger partial charge is 0.261 e. The van der Waals surface area contributed by atoms with Gasteiger partial charge in [-0.25, -0.2) is 0 Å². The average molecular weight is 908 g/mol. The van der Waals surface area contributed by atoms with Crippen LogP contribution in [0.1, 0.15) is 71.7 Å². The van der Waals surface area contributed by atoms with Gasteiger partial charge in [-0.2, -0.15) is 0 Å².